The number of urea groups is 1. The molecule has 8 nitrogen and oxygen atoms in total. The zero-order chi connectivity index (χ0) is 27.2. The topological polar surface area (TPSA) is 111 Å². The zero-order valence-corrected chi connectivity index (χ0v) is 20.7. The number of nitrogens with one attached hydrogen (secondary N) is 2. The smallest absolute Gasteiger partial charge is 0.320 e. The van der Waals surface area contributed by atoms with Gasteiger partial charge in [0.1, 0.15) is 30.3 Å². The maximum absolute atomic E-state index is 14.6. The Morgan fingerprint density at radius 3 is 2.53 bits per heavy atom. The number of carbonyl (C=O) groups is 2. The summed E-state index contributed by atoms with van der Waals surface area (Å²) in [5.74, 6) is 0.912. The fraction of sp³-hybridized carbons (Fsp3) is 0.241. The van der Waals surface area contributed by atoms with Gasteiger partial charge in [0, 0.05) is 11.5 Å². The largest absolute Gasteiger partial charge is 0.491 e. The maximum atomic E-state index is 14.6. The van der Waals surface area contributed by atoms with E-state index in [0.29, 0.717) is 16.9 Å². The van der Waals surface area contributed by atoms with Crippen LogP contribution < -0.4 is 15.4 Å². The number of carbonyl (C=O) groups excluding carboxylic acids is 2. The molecule has 9 heteroatoms. The van der Waals surface area contributed by atoms with Crippen molar-refractivity contribution in [2.24, 2.45) is 0 Å². The first kappa shape index (κ1) is 26.7. The number of anilines is 1. The fourth-order valence-electron chi connectivity index (χ4n) is 4.49. The van der Waals surface area contributed by atoms with E-state index < -0.39 is 42.0 Å². The van der Waals surface area contributed by atoms with Gasteiger partial charge < -0.3 is 25.6 Å². The highest BCUT2D eigenvalue weighted by Gasteiger charge is 2.47. The number of halogens is 1. The summed E-state index contributed by atoms with van der Waals surface area (Å²) in [4.78, 5) is 27.9. The van der Waals surface area contributed by atoms with Crippen LogP contribution in [0.2, 0.25) is 0 Å². The summed E-state index contributed by atoms with van der Waals surface area (Å²) in [6, 6.07) is 17.1. The van der Waals surface area contributed by atoms with Crippen LogP contribution >= 0.6 is 0 Å². The summed E-state index contributed by atoms with van der Waals surface area (Å²) in [6.07, 6.45) is 3.93. The molecule has 3 aromatic rings. The van der Waals surface area contributed by atoms with E-state index in [1.807, 2.05) is 30.3 Å². The van der Waals surface area contributed by atoms with Crippen LogP contribution in [0.15, 0.2) is 72.8 Å². The standard InChI is InChI=1S/C29H28FN3O5/c1-3-19-9-14-24(23(30)17-19)31-27(35)26(18(2)20-7-5-4-6-8-20)33-28(36)25(32-29(33)37)21-10-12-22(13-11-21)38-16-15-34/h1,4-14,17-18,25-26,28,34,36H,15-16H2,2H3,(H,31,35)(H,32,37)/t18-,25+,26-,28+/m0/s1. The van der Waals surface area contributed by atoms with Crippen LogP contribution in [-0.2, 0) is 4.79 Å². The molecule has 0 spiro atoms. The first-order valence-corrected chi connectivity index (χ1v) is 12.1. The Kier molecular flexibility index (Phi) is 8.26. The minimum absolute atomic E-state index is 0.0941. The van der Waals surface area contributed by atoms with Gasteiger partial charge in [-0.25, -0.2) is 9.18 Å². The SMILES string of the molecule is C#Cc1ccc(NC(=O)[C@H]([C@@H](C)c2ccccc2)N2C(=O)N[C@H](c3ccc(OCCO)cc3)[C@H]2O)c(F)c1. The van der Waals surface area contributed by atoms with Crippen molar-refractivity contribution in [2.45, 2.75) is 31.2 Å². The Labute approximate surface area is 220 Å². The Morgan fingerprint density at radius 2 is 1.89 bits per heavy atom. The van der Waals surface area contributed by atoms with Gasteiger partial charge in [-0.15, -0.1) is 6.42 Å². The molecule has 1 aliphatic heterocycles. The summed E-state index contributed by atoms with van der Waals surface area (Å²) in [6.45, 7) is 1.77. The van der Waals surface area contributed by atoms with Gasteiger partial charge in [0.15, 0.2) is 6.23 Å². The first-order valence-electron chi connectivity index (χ1n) is 12.1. The molecule has 0 radical (unpaired) electrons. The highest BCUT2D eigenvalue weighted by Crippen LogP contribution is 2.34. The van der Waals surface area contributed by atoms with Crippen molar-refractivity contribution in [2.75, 3.05) is 18.5 Å². The molecule has 0 unspecified atom stereocenters. The Bertz CT molecular complexity index is 1330. The van der Waals surface area contributed by atoms with Crippen LogP contribution in [0.3, 0.4) is 0 Å². The molecule has 4 atom stereocenters. The molecule has 0 aliphatic carbocycles. The third kappa shape index (κ3) is 5.62. The van der Waals surface area contributed by atoms with Crippen LogP contribution in [0.1, 0.15) is 35.6 Å². The van der Waals surface area contributed by atoms with Crippen molar-refractivity contribution in [3.05, 3.63) is 95.3 Å². The van der Waals surface area contributed by atoms with Crippen molar-refractivity contribution < 1.29 is 28.9 Å². The number of hydrogen-bond donors (Lipinski definition) is 4. The zero-order valence-electron chi connectivity index (χ0n) is 20.7. The van der Waals surface area contributed by atoms with Gasteiger partial charge in [-0.1, -0.05) is 55.3 Å². The Morgan fingerprint density at radius 1 is 1.18 bits per heavy atom. The van der Waals surface area contributed by atoms with Crippen LogP contribution in [0, 0.1) is 18.2 Å². The predicted molar refractivity (Wildman–Crippen MR) is 140 cm³/mol. The molecule has 0 saturated carbocycles. The average Bonchev–Trinajstić information content (AvgIpc) is 3.22. The average molecular weight is 518 g/mol. The van der Waals surface area contributed by atoms with E-state index in [1.54, 1.807) is 31.2 Å². The summed E-state index contributed by atoms with van der Waals surface area (Å²) >= 11 is 0. The number of hydrogen-bond acceptors (Lipinski definition) is 5. The molecule has 3 amide bonds. The summed E-state index contributed by atoms with van der Waals surface area (Å²) in [5.41, 5.74) is 1.57. The molecule has 3 aromatic carbocycles. The van der Waals surface area contributed by atoms with Crippen LogP contribution in [0.4, 0.5) is 14.9 Å². The van der Waals surface area contributed by atoms with Gasteiger partial charge in [-0.05, 0) is 41.5 Å². The number of aliphatic hydroxyl groups is 2. The quantitative estimate of drug-likeness (QED) is 0.325. The molecule has 1 heterocycles. The second-order valence-electron chi connectivity index (χ2n) is 8.86. The van der Waals surface area contributed by atoms with Gasteiger partial charge in [-0.3, -0.25) is 9.69 Å². The van der Waals surface area contributed by atoms with E-state index >= 15 is 0 Å². The van der Waals surface area contributed by atoms with Crippen molar-refractivity contribution >= 4 is 17.6 Å². The lowest BCUT2D eigenvalue weighted by Gasteiger charge is -2.34. The molecular formula is C29H28FN3O5. The normalized spacial score (nSPS) is 18.3. The van der Waals surface area contributed by atoms with Crippen molar-refractivity contribution in [3.63, 3.8) is 0 Å². The molecule has 4 rings (SSSR count). The van der Waals surface area contributed by atoms with Crippen molar-refractivity contribution in [3.8, 4) is 18.1 Å². The molecule has 1 saturated heterocycles. The van der Waals surface area contributed by atoms with E-state index in [4.69, 9.17) is 16.3 Å². The third-order valence-electron chi connectivity index (χ3n) is 6.46. The monoisotopic (exact) mass is 517 g/mol. The maximum Gasteiger partial charge on any atom is 0.320 e. The minimum atomic E-state index is -1.40. The van der Waals surface area contributed by atoms with Crippen molar-refractivity contribution in [1.82, 2.24) is 10.2 Å². The molecule has 38 heavy (non-hydrogen) atoms. The summed E-state index contributed by atoms with van der Waals surface area (Å²) in [5, 5.41) is 25.5. The molecule has 0 bridgehead atoms. The number of amides is 3. The van der Waals surface area contributed by atoms with Crippen LogP contribution in [0.25, 0.3) is 0 Å². The predicted octanol–water partition coefficient (Wildman–Crippen LogP) is 3.37. The van der Waals surface area contributed by atoms with E-state index in [2.05, 4.69) is 16.6 Å². The molecule has 0 aromatic heterocycles. The lowest BCUT2D eigenvalue weighted by atomic mass is 9.91. The number of nitrogens with zero attached hydrogens (tertiary/aromatic N) is 1. The van der Waals surface area contributed by atoms with Crippen molar-refractivity contribution in [1.29, 1.82) is 0 Å². The highest BCUT2D eigenvalue weighted by atomic mass is 19.1. The van der Waals surface area contributed by atoms with Gasteiger partial charge in [0.25, 0.3) is 0 Å². The molecule has 1 aliphatic rings. The Hall–Kier alpha value is -4.39. The molecular weight excluding hydrogens is 489 g/mol. The molecule has 4 N–H and O–H groups in total. The minimum Gasteiger partial charge on any atom is -0.491 e. The molecule has 1 fully saturated rings. The van der Waals surface area contributed by atoms with E-state index in [-0.39, 0.29) is 18.9 Å². The highest BCUT2D eigenvalue weighted by molar-refractivity contribution is 5.98. The second kappa shape index (κ2) is 11.8. The summed E-state index contributed by atoms with van der Waals surface area (Å²) in [7, 11) is 0. The van der Waals surface area contributed by atoms with E-state index in [9.17, 15) is 19.1 Å². The lowest BCUT2D eigenvalue weighted by Crippen LogP contribution is -2.52. The van der Waals surface area contributed by atoms with Crippen LogP contribution in [0.5, 0.6) is 5.75 Å². The van der Waals surface area contributed by atoms with Crippen LogP contribution in [-0.4, -0.2) is 52.5 Å². The van der Waals surface area contributed by atoms with E-state index in [1.165, 1.54) is 12.1 Å². The number of aliphatic hydroxyl groups excluding tert-OH is 2. The number of terminal acetylenes is 1. The first-order chi connectivity index (χ1) is 18.3. The van der Waals surface area contributed by atoms with E-state index in [0.717, 1.165) is 16.5 Å². The Balaban J connectivity index is 1.64. The van der Waals surface area contributed by atoms with Gasteiger partial charge in [-0.2, -0.15) is 0 Å². The van der Waals surface area contributed by atoms with Gasteiger partial charge >= 0.3 is 6.03 Å². The number of rotatable bonds is 9. The van der Waals surface area contributed by atoms with Gasteiger partial charge in [0.2, 0.25) is 5.91 Å². The fourth-order valence-corrected chi connectivity index (χ4v) is 4.49. The third-order valence-corrected chi connectivity index (χ3v) is 6.46. The summed E-state index contributed by atoms with van der Waals surface area (Å²) < 4.78 is 20.0. The number of benzene rings is 3. The second-order valence-corrected chi connectivity index (χ2v) is 8.86. The lowest BCUT2D eigenvalue weighted by molar-refractivity contribution is -0.124. The van der Waals surface area contributed by atoms with Gasteiger partial charge in [0.05, 0.1) is 12.3 Å². The molecule has 196 valence electrons. The number of ether oxygens (including phenoxy) is 1.